The van der Waals surface area contributed by atoms with Crippen molar-refractivity contribution in [1.29, 1.82) is 0 Å². The van der Waals surface area contributed by atoms with Crippen molar-refractivity contribution >= 4 is 36.2 Å². The van der Waals surface area contributed by atoms with Gasteiger partial charge in [0, 0.05) is 6.21 Å². The number of hydrogen-bond donors (Lipinski definition) is 3. The minimum absolute atomic E-state index is 0.0683. The SMILES string of the molecule is C=CCOC(=O)N[C@@H](C)[C@H](NC(=O)[C@H](C)NC(=O)OC(C)(C)C)C(=O)N1N=CCCC1C(=O)OC. The molecule has 0 bridgehead atoms. The topological polar surface area (TPSA) is 165 Å². The molecule has 0 aromatic heterocycles. The van der Waals surface area contributed by atoms with E-state index < -0.39 is 59.7 Å². The van der Waals surface area contributed by atoms with Crippen molar-refractivity contribution in [3.05, 3.63) is 12.7 Å². The van der Waals surface area contributed by atoms with Crippen LogP contribution >= 0.6 is 0 Å². The molecule has 0 spiro atoms. The molecule has 13 heteroatoms. The molecule has 0 aromatic carbocycles. The highest BCUT2D eigenvalue weighted by atomic mass is 16.6. The van der Waals surface area contributed by atoms with E-state index in [1.54, 1.807) is 20.8 Å². The van der Waals surface area contributed by atoms with Gasteiger partial charge in [0.05, 0.1) is 13.2 Å². The Labute approximate surface area is 204 Å². The fraction of sp³-hybridized carbons (Fsp3) is 0.636. The first-order valence-corrected chi connectivity index (χ1v) is 11.1. The van der Waals surface area contributed by atoms with Crippen LogP contribution in [0.4, 0.5) is 9.59 Å². The quantitative estimate of drug-likeness (QED) is 0.239. The first-order chi connectivity index (χ1) is 16.3. The largest absolute Gasteiger partial charge is 0.467 e. The van der Waals surface area contributed by atoms with Gasteiger partial charge < -0.3 is 30.2 Å². The molecule has 0 fully saturated rings. The van der Waals surface area contributed by atoms with Crippen molar-refractivity contribution in [2.45, 2.75) is 77.2 Å². The monoisotopic (exact) mass is 497 g/mol. The number of hydrogen-bond acceptors (Lipinski definition) is 9. The molecule has 0 aliphatic carbocycles. The van der Waals surface area contributed by atoms with Gasteiger partial charge in [-0.15, -0.1) is 0 Å². The minimum Gasteiger partial charge on any atom is -0.467 e. The molecule has 4 atom stereocenters. The van der Waals surface area contributed by atoms with E-state index in [0.717, 1.165) is 5.01 Å². The Kier molecular flexibility index (Phi) is 11.2. The molecule has 13 nitrogen and oxygen atoms in total. The van der Waals surface area contributed by atoms with Gasteiger partial charge in [-0.25, -0.2) is 19.4 Å². The maximum Gasteiger partial charge on any atom is 0.408 e. The Balaban J connectivity index is 3.10. The smallest absolute Gasteiger partial charge is 0.408 e. The van der Waals surface area contributed by atoms with Crippen molar-refractivity contribution in [1.82, 2.24) is 21.0 Å². The Morgan fingerprint density at radius 1 is 1.14 bits per heavy atom. The van der Waals surface area contributed by atoms with Gasteiger partial charge >= 0.3 is 18.2 Å². The summed E-state index contributed by atoms with van der Waals surface area (Å²) in [6.07, 6.45) is 1.85. The van der Waals surface area contributed by atoms with Crippen LogP contribution in [0.5, 0.6) is 0 Å². The molecule has 1 unspecified atom stereocenters. The van der Waals surface area contributed by atoms with Crippen molar-refractivity contribution in [3.8, 4) is 0 Å². The average Bonchev–Trinajstić information content (AvgIpc) is 2.78. The van der Waals surface area contributed by atoms with Crippen LogP contribution in [0.1, 0.15) is 47.5 Å². The molecule has 1 rings (SSSR count). The second-order valence-corrected chi connectivity index (χ2v) is 8.77. The second-order valence-electron chi connectivity index (χ2n) is 8.77. The Bertz CT molecular complexity index is 838. The first kappa shape index (κ1) is 29.4. The van der Waals surface area contributed by atoms with Gasteiger partial charge in [-0.2, -0.15) is 5.10 Å². The maximum atomic E-state index is 13.4. The van der Waals surface area contributed by atoms with Crippen LogP contribution in [-0.4, -0.2) is 84.7 Å². The fourth-order valence-electron chi connectivity index (χ4n) is 2.96. The van der Waals surface area contributed by atoms with E-state index in [-0.39, 0.29) is 13.0 Å². The summed E-state index contributed by atoms with van der Waals surface area (Å²) < 4.78 is 14.8. The normalized spacial score (nSPS) is 17.8. The molecule has 0 saturated heterocycles. The summed E-state index contributed by atoms with van der Waals surface area (Å²) in [5.74, 6) is -2.19. The third-order valence-corrected chi connectivity index (χ3v) is 4.64. The summed E-state index contributed by atoms with van der Waals surface area (Å²) >= 11 is 0. The van der Waals surface area contributed by atoms with Crippen LogP contribution in [0.3, 0.4) is 0 Å². The number of rotatable bonds is 9. The van der Waals surface area contributed by atoms with Crippen LogP contribution in [0.2, 0.25) is 0 Å². The molecule has 1 aliphatic rings. The average molecular weight is 498 g/mol. The predicted octanol–water partition coefficient (Wildman–Crippen LogP) is 0.835. The maximum absolute atomic E-state index is 13.4. The van der Waals surface area contributed by atoms with Crippen molar-refractivity contribution < 1.29 is 38.2 Å². The van der Waals surface area contributed by atoms with Gasteiger partial charge in [-0.05, 0) is 47.5 Å². The number of esters is 1. The van der Waals surface area contributed by atoms with Crippen molar-refractivity contribution in [2.24, 2.45) is 5.10 Å². The van der Waals surface area contributed by atoms with E-state index in [1.165, 1.54) is 33.2 Å². The van der Waals surface area contributed by atoms with E-state index in [9.17, 15) is 24.0 Å². The van der Waals surface area contributed by atoms with Crippen LogP contribution in [-0.2, 0) is 28.6 Å². The Morgan fingerprint density at radius 3 is 2.37 bits per heavy atom. The number of nitrogens with one attached hydrogen (secondary N) is 3. The highest BCUT2D eigenvalue weighted by Crippen LogP contribution is 2.17. The lowest BCUT2D eigenvalue weighted by Gasteiger charge is -2.33. The van der Waals surface area contributed by atoms with Gasteiger partial charge in [-0.1, -0.05) is 12.7 Å². The minimum atomic E-state index is -1.37. The fourth-order valence-corrected chi connectivity index (χ4v) is 2.96. The summed E-state index contributed by atoms with van der Waals surface area (Å²) in [5, 5.41) is 12.3. The summed E-state index contributed by atoms with van der Waals surface area (Å²) in [5.41, 5.74) is -0.780. The molecule has 35 heavy (non-hydrogen) atoms. The van der Waals surface area contributed by atoms with Crippen molar-refractivity contribution in [3.63, 3.8) is 0 Å². The number of nitrogens with zero attached hydrogens (tertiary/aromatic N) is 2. The number of amides is 4. The van der Waals surface area contributed by atoms with Gasteiger partial charge in [-0.3, -0.25) is 9.59 Å². The van der Waals surface area contributed by atoms with Gasteiger partial charge in [0.1, 0.15) is 24.3 Å². The number of carbonyl (C=O) groups is 5. The molecule has 3 N–H and O–H groups in total. The second kappa shape index (κ2) is 13.3. The summed E-state index contributed by atoms with van der Waals surface area (Å²) in [4.78, 5) is 62.5. The van der Waals surface area contributed by atoms with E-state index >= 15 is 0 Å². The first-order valence-electron chi connectivity index (χ1n) is 11.1. The summed E-state index contributed by atoms with van der Waals surface area (Å²) in [6, 6.07) is -4.47. The third-order valence-electron chi connectivity index (χ3n) is 4.64. The number of hydrazone groups is 1. The molecule has 0 radical (unpaired) electrons. The lowest BCUT2D eigenvalue weighted by Crippen LogP contribution is -2.62. The van der Waals surface area contributed by atoms with E-state index in [2.05, 4.69) is 27.6 Å². The molecule has 1 aliphatic heterocycles. The van der Waals surface area contributed by atoms with E-state index in [0.29, 0.717) is 6.42 Å². The third kappa shape index (κ3) is 9.63. The zero-order chi connectivity index (χ0) is 26.8. The lowest BCUT2D eigenvalue weighted by molar-refractivity contribution is -0.155. The Hall–Kier alpha value is -3.64. The summed E-state index contributed by atoms with van der Waals surface area (Å²) in [6.45, 7) is 11.2. The molecule has 0 saturated carbocycles. The molecular formula is C22H35N5O8. The number of ether oxygens (including phenoxy) is 3. The molecule has 4 amide bonds. The van der Waals surface area contributed by atoms with Gasteiger partial charge in [0.2, 0.25) is 5.91 Å². The van der Waals surface area contributed by atoms with Crippen LogP contribution < -0.4 is 16.0 Å². The zero-order valence-corrected chi connectivity index (χ0v) is 21.0. The number of carbonyl (C=O) groups excluding carboxylic acids is 5. The van der Waals surface area contributed by atoms with Crippen LogP contribution in [0, 0.1) is 0 Å². The zero-order valence-electron chi connectivity index (χ0n) is 21.0. The molecular weight excluding hydrogens is 462 g/mol. The van der Waals surface area contributed by atoms with Crippen molar-refractivity contribution in [2.75, 3.05) is 13.7 Å². The van der Waals surface area contributed by atoms with Crippen LogP contribution in [0.15, 0.2) is 17.8 Å². The number of methoxy groups -OCH3 is 1. The predicted molar refractivity (Wildman–Crippen MR) is 125 cm³/mol. The molecule has 0 aromatic rings. The van der Waals surface area contributed by atoms with E-state index in [1.807, 2.05) is 0 Å². The molecule has 1 heterocycles. The molecule has 196 valence electrons. The lowest BCUT2D eigenvalue weighted by atomic mass is 10.0. The standard InChI is InChI=1S/C22H35N5O8/c1-8-12-34-20(31)24-13(2)16(18(29)27-15(19(30)33-7)10-9-11-23-27)26-17(28)14(3)25-21(32)35-22(4,5)6/h8,11,13-16H,1,9-10,12H2,2-7H3,(H,24,31)(H,25,32)(H,26,28)/t13-,14-,15?,16-/m0/s1. The van der Waals surface area contributed by atoms with E-state index in [4.69, 9.17) is 14.2 Å². The Morgan fingerprint density at radius 2 is 1.80 bits per heavy atom. The van der Waals surface area contributed by atoms with Gasteiger partial charge in [0.15, 0.2) is 6.04 Å². The highest BCUT2D eigenvalue weighted by Gasteiger charge is 2.39. The van der Waals surface area contributed by atoms with Gasteiger partial charge in [0.25, 0.3) is 5.91 Å². The number of alkyl carbamates (subject to hydrolysis) is 2. The highest BCUT2D eigenvalue weighted by molar-refractivity contribution is 5.94. The summed E-state index contributed by atoms with van der Waals surface area (Å²) in [7, 11) is 1.19. The van der Waals surface area contributed by atoms with Crippen LogP contribution in [0.25, 0.3) is 0 Å².